The van der Waals surface area contributed by atoms with Gasteiger partial charge in [-0.05, 0) is 23.6 Å². The molecule has 0 saturated heterocycles. The van der Waals surface area contributed by atoms with E-state index >= 15 is 0 Å². The lowest BCUT2D eigenvalue weighted by atomic mass is 9.87. The number of carbonyl (C=O) groups excluding carboxylic acids is 1. The lowest BCUT2D eigenvalue weighted by Crippen LogP contribution is -2.48. The van der Waals surface area contributed by atoms with E-state index in [4.69, 9.17) is 0 Å². The molecule has 112 valence electrons. The highest BCUT2D eigenvalue weighted by atomic mass is 32.1. The van der Waals surface area contributed by atoms with Crippen LogP contribution in [0.2, 0.25) is 0 Å². The fraction of sp³-hybridized carbons (Fsp3) is 0.333. The van der Waals surface area contributed by atoms with Gasteiger partial charge in [0.05, 0.1) is 4.88 Å². The van der Waals surface area contributed by atoms with Crippen molar-refractivity contribution in [1.82, 2.24) is 5.32 Å². The molecule has 1 aromatic heterocycles. The predicted molar refractivity (Wildman–Crippen MR) is 80.1 cm³/mol. The average Bonchev–Trinajstić information content (AvgIpc) is 2.79. The molecule has 2 aromatic rings. The maximum absolute atomic E-state index is 13.6. The number of aliphatic carboxylic acids is 1. The van der Waals surface area contributed by atoms with Crippen LogP contribution in [0.4, 0.5) is 4.39 Å². The molecule has 0 saturated carbocycles. The molecule has 1 unspecified atom stereocenters. The standard InChI is InChI=1S/C15H16FNO3S/c1-15(2,3)12(14(19)20)17-13(18)11-7-8-9(16)5-4-6-10(8)21-11/h4-7,12H,1-3H3,(H,17,18)(H,19,20). The number of hydrogen-bond donors (Lipinski definition) is 2. The van der Waals surface area contributed by atoms with Gasteiger partial charge in [0.25, 0.3) is 5.91 Å². The molecule has 2 N–H and O–H groups in total. The number of benzene rings is 1. The summed E-state index contributed by atoms with van der Waals surface area (Å²) in [5.74, 6) is -1.99. The Balaban J connectivity index is 2.30. The molecule has 6 heteroatoms. The number of amides is 1. The van der Waals surface area contributed by atoms with E-state index in [0.29, 0.717) is 15.0 Å². The number of nitrogens with one attached hydrogen (secondary N) is 1. The van der Waals surface area contributed by atoms with Crippen molar-refractivity contribution in [2.75, 3.05) is 0 Å². The Labute approximate surface area is 125 Å². The van der Waals surface area contributed by atoms with Crippen LogP contribution in [0.5, 0.6) is 0 Å². The fourth-order valence-corrected chi connectivity index (χ4v) is 2.97. The maximum Gasteiger partial charge on any atom is 0.326 e. The largest absolute Gasteiger partial charge is 0.480 e. The van der Waals surface area contributed by atoms with Crippen molar-refractivity contribution < 1.29 is 19.1 Å². The summed E-state index contributed by atoms with van der Waals surface area (Å²) in [5, 5.41) is 12.1. The van der Waals surface area contributed by atoms with Gasteiger partial charge in [-0.2, -0.15) is 0 Å². The Kier molecular flexibility index (Phi) is 4.00. The monoisotopic (exact) mass is 309 g/mol. The molecule has 0 radical (unpaired) electrons. The minimum Gasteiger partial charge on any atom is -0.480 e. The van der Waals surface area contributed by atoms with E-state index in [-0.39, 0.29) is 0 Å². The molecular formula is C15H16FNO3S. The molecule has 0 aliphatic heterocycles. The number of rotatable bonds is 3. The quantitative estimate of drug-likeness (QED) is 0.914. The molecule has 1 amide bonds. The third kappa shape index (κ3) is 3.21. The Morgan fingerprint density at radius 1 is 1.33 bits per heavy atom. The van der Waals surface area contributed by atoms with Crippen molar-refractivity contribution in [3.63, 3.8) is 0 Å². The minimum atomic E-state index is -1.09. The van der Waals surface area contributed by atoms with Gasteiger partial charge in [-0.15, -0.1) is 11.3 Å². The predicted octanol–water partition coefficient (Wildman–Crippen LogP) is 3.27. The van der Waals surface area contributed by atoms with Crippen molar-refractivity contribution in [1.29, 1.82) is 0 Å². The van der Waals surface area contributed by atoms with E-state index in [1.807, 2.05) is 0 Å². The molecule has 1 aromatic carbocycles. The lowest BCUT2D eigenvalue weighted by molar-refractivity contribution is -0.142. The van der Waals surface area contributed by atoms with Gasteiger partial charge < -0.3 is 10.4 Å². The van der Waals surface area contributed by atoms with Gasteiger partial charge in [-0.25, -0.2) is 9.18 Å². The van der Waals surface area contributed by atoms with Gasteiger partial charge in [0, 0.05) is 10.1 Å². The summed E-state index contributed by atoms with van der Waals surface area (Å²) in [4.78, 5) is 23.8. The summed E-state index contributed by atoms with van der Waals surface area (Å²) in [7, 11) is 0. The van der Waals surface area contributed by atoms with E-state index in [2.05, 4.69) is 5.32 Å². The summed E-state index contributed by atoms with van der Waals surface area (Å²) in [6, 6.07) is 5.06. The molecule has 2 rings (SSSR count). The van der Waals surface area contributed by atoms with Gasteiger partial charge in [0.2, 0.25) is 0 Å². The zero-order chi connectivity index (χ0) is 15.8. The van der Waals surface area contributed by atoms with Crippen LogP contribution in [-0.4, -0.2) is 23.0 Å². The third-order valence-corrected chi connectivity index (χ3v) is 4.22. The molecule has 0 aliphatic carbocycles. The average molecular weight is 309 g/mol. The second kappa shape index (κ2) is 5.44. The Bertz CT molecular complexity index is 702. The van der Waals surface area contributed by atoms with Crippen LogP contribution in [-0.2, 0) is 4.79 Å². The van der Waals surface area contributed by atoms with Crippen molar-refractivity contribution in [2.24, 2.45) is 5.41 Å². The molecule has 0 aliphatic rings. The summed E-state index contributed by atoms with van der Waals surface area (Å²) in [5.41, 5.74) is -0.622. The summed E-state index contributed by atoms with van der Waals surface area (Å²) >= 11 is 1.14. The number of fused-ring (bicyclic) bond motifs is 1. The third-order valence-electron chi connectivity index (χ3n) is 3.12. The molecule has 4 nitrogen and oxygen atoms in total. The highest BCUT2D eigenvalue weighted by Crippen LogP contribution is 2.28. The van der Waals surface area contributed by atoms with Crippen LogP contribution < -0.4 is 5.32 Å². The first-order chi connectivity index (χ1) is 9.70. The lowest BCUT2D eigenvalue weighted by Gasteiger charge is -2.27. The van der Waals surface area contributed by atoms with Crippen LogP contribution in [0.1, 0.15) is 30.4 Å². The number of thiophene rings is 1. The topological polar surface area (TPSA) is 66.4 Å². The van der Waals surface area contributed by atoms with Crippen molar-refractivity contribution in [3.8, 4) is 0 Å². The highest BCUT2D eigenvalue weighted by Gasteiger charge is 2.33. The van der Waals surface area contributed by atoms with Gasteiger partial charge >= 0.3 is 5.97 Å². The molecular weight excluding hydrogens is 293 g/mol. The van der Waals surface area contributed by atoms with Crippen LogP contribution in [0.15, 0.2) is 24.3 Å². The summed E-state index contributed by atoms with van der Waals surface area (Å²) < 4.78 is 14.3. The Morgan fingerprint density at radius 2 is 2.00 bits per heavy atom. The van der Waals surface area contributed by atoms with Crippen molar-refractivity contribution in [2.45, 2.75) is 26.8 Å². The molecule has 1 atom stereocenters. The second-order valence-electron chi connectivity index (χ2n) is 5.87. The SMILES string of the molecule is CC(C)(C)C(NC(=O)c1cc2c(F)cccc2s1)C(=O)O. The van der Waals surface area contributed by atoms with E-state index in [1.54, 1.807) is 32.9 Å². The first kappa shape index (κ1) is 15.4. The molecule has 21 heavy (non-hydrogen) atoms. The summed E-state index contributed by atoms with van der Waals surface area (Å²) in [6.07, 6.45) is 0. The van der Waals surface area contributed by atoms with Gasteiger partial charge in [0.1, 0.15) is 11.9 Å². The number of carbonyl (C=O) groups is 2. The van der Waals surface area contributed by atoms with Crippen LogP contribution in [0.3, 0.4) is 0 Å². The fourth-order valence-electron chi connectivity index (χ4n) is 1.99. The summed E-state index contributed by atoms with van der Waals surface area (Å²) in [6.45, 7) is 5.20. The molecule has 0 spiro atoms. The maximum atomic E-state index is 13.6. The van der Waals surface area contributed by atoms with E-state index < -0.39 is 29.2 Å². The highest BCUT2D eigenvalue weighted by molar-refractivity contribution is 7.20. The van der Waals surface area contributed by atoms with Crippen LogP contribution >= 0.6 is 11.3 Å². The normalized spacial score (nSPS) is 13.1. The Morgan fingerprint density at radius 3 is 2.52 bits per heavy atom. The zero-order valence-electron chi connectivity index (χ0n) is 11.9. The van der Waals surface area contributed by atoms with Crippen LogP contribution in [0, 0.1) is 11.2 Å². The first-order valence-electron chi connectivity index (χ1n) is 6.42. The number of carboxylic acids is 1. The van der Waals surface area contributed by atoms with E-state index in [0.717, 1.165) is 11.3 Å². The van der Waals surface area contributed by atoms with Crippen molar-refractivity contribution in [3.05, 3.63) is 35.0 Å². The smallest absolute Gasteiger partial charge is 0.326 e. The number of halogens is 1. The molecule has 0 bridgehead atoms. The number of hydrogen-bond acceptors (Lipinski definition) is 3. The Hall–Kier alpha value is -1.95. The number of carboxylic acid groups (broad SMARTS) is 1. The van der Waals surface area contributed by atoms with E-state index in [9.17, 15) is 19.1 Å². The molecule has 0 fully saturated rings. The van der Waals surface area contributed by atoms with Gasteiger partial charge in [-0.3, -0.25) is 4.79 Å². The van der Waals surface area contributed by atoms with Gasteiger partial charge in [-0.1, -0.05) is 26.8 Å². The zero-order valence-corrected chi connectivity index (χ0v) is 12.8. The van der Waals surface area contributed by atoms with Crippen molar-refractivity contribution >= 4 is 33.3 Å². The first-order valence-corrected chi connectivity index (χ1v) is 7.23. The minimum absolute atomic E-state index is 0.297. The van der Waals surface area contributed by atoms with Crippen LogP contribution in [0.25, 0.3) is 10.1 Å². The van der Waals surface area contributed by atoms with E-state index in [1.165, 1.54) is 12.1 Å². The second-order valence-corrected chi connectivity index (χ2v) is 6.96. The molecule has 1 heterocycles. The van der Waals surface area contributed by atoms with Gasteiger partial charge in [0.15, 0.2) is 0 Å².